The van der Waals surface area contributed by atoms with Crippen molar-refractivity contribution in [2.75, 3.05) is 11.1 Å². The standard InChI is InChI=1S/C9H10BrCl2NO2/c10-3-8(14)9(15)4-1-6(12)7(13)2-5(4)11/h1-2,8-9,14-15H,3,13H2. The molecular formula is C9H10BrCl2NO2. The van der Waals surface area contributed by atoms with E-state index in [1.165, 1.54) is 12.1 Å². The highest BCUT2D eigenvalue weighted by molar-refractivity contribution is 9.09. The van der Waals surface area contributed by atoms with Crippen LogP contribution >= 0.6 is 39.1 Å². The Labute approximate surface area is 106 Å². The largest absolute Gasteiger partial charge is 0.397 e. The first kappa shape index (κ1) is 13.1. The van der Waals surface area contributed by atoms with E-state index in [1.54, 1.807) is 0 Å². The molecular weight excluding hydrogens is 305 g/mol. The number of aliphatic hydroxyl groups excluding tert-OH is 2. The molecule has 1 aromatic carbocycles. The maximum Gasteiger partial charge on any atom is 0.107 e. The number of aliphatic hydroxyl groups is 2. The quantitative estimate of drug-likeness (QED) is 0.593. The second-order valence-corrected chi connectivity index (χ2v) is 4.52. The molecule has 0 spiro atoms. The van der Waals surface area contributed by atoms with E-state index in [9.17, 15) is 10.2 Å². The number of halogens is 3. The van der Waals surface area contributed by atoms with Crippen molar-refractivity contribution in [2.24, 2.45) is 0 Å². The van der Waals surface area contributed by atoms with Crippen LogP contribution in [-0.4, -0.2) is 21.6 Å². The lowest BCUT2D eigenvalue weighted by Gasteiger charge is -2.17. The Morgan fingerprint density at radius 1 is 1.27 bits per heavy atom. The first-order valence-corrected chi connectivity index (χ1v) is 6.01. The molecule has 4 N–H and O–H groups in total. The first-order chi connectivity index (χ1) is 6.97. The average molecular weight is 315 g/mol. The Balaban J connectivity index is 3.09. The molecule has 3 nitrogen and oxygen atoms in total. The first-order valence-electron chi connectivity index (χ1n) is 4.14. The van der Waals surface area contributed by atoms with Crippen molar-refractivity contribution in [1.82, 2.24) is 0 Å². The lowest BCUT2D eigenvalue weighted by Crippen LogP contribution is -2.19. The van der Waals surface area contributed by atoms with E-state index in [0.717, 1.165) is 0 Å². The molecule has 2 atom stereocenters. The van der Waals surface area contributed by atoms with Gasteiger partial charge in [-0.05, 0) is 12.1 Å². The Morgan fingerprint density at radius 3 is 2.40 bits per heavy atom. The summed E-state index contributed by atoms with van der Waals surface area (Å²) in [5.41, 5.74) is 6.23. The summed E-state index contributed by atoms with van der Waals surface area (Å²) < 4.78 is 0. The Hall–Kier alpha value is -0.000000000000000167. The molecule has 0 amide bonds. The molecule has 1 aromatic rings. The SMILES string of the molecule is Nc1cc(Cl)c(C(O)C(O)CBr)cc1Cl. The minimum atomic E-state index is -1.09. The van der Waals surface area contributed by atoms with E-state index in [0.29, 0.717) is 16.3 Å². The number of nitrogens with two attached hydrogens (primary N) is 1. The minimum absolute atomic E-state index is 0.243. The van der Waals surface area contributed by atoms with Gasteiger partial charge in [0.1, 0.15) is 6.10 Å². The number of alkyl halides is 1. The summed E-state index contributed by atoms with van der Waals surface area (Å²) in [6.45, 7) is 0. The molecule has 84 valence electrons. The molecule has 1 rings (SSSR count). The van der Waals surface area contributed by atoms with E-state index in [1.807, 2.05) is 0 Å². The van der Waals surface area contributed by atoms with Gasteiger partial charge in [0, 0.05) is 15.9 Å². The highest BCUT2D eigenvalue weighted by Gasteiger charge is 2.20. The van der Waals surface area contributed by atoms with Crippen LogP contribution in [0.1, 0.15) is 11.7 Å². The fourth-order valence-corrected chi connectivity index (χ4v) is 1.91. The third-order valence-electron chi connectivity index (χ3n) is 1.96. The molecule has 0 radical (unpaired) electrons. The molecule has 6 heteroatoms. The highest BCUT2D eigenvalue weighted by Crippen LogP contribution is 2.32. The van der Waals surface area contributed by atoms with E-state index < -0.39 is 12.2 Å². The summed E-state index contributed by atoms with van der Waals surface area (Å²) in [5, 5.41) is 20.0. The van der Waals surface area contributed by atoms with Crippen molar-refractivity contribution >= 4 is 44.8 Å². The number of nitrogen functional groups attached to an aromatic ring is 1. The van der Waals surface area contributed by atoms with Gasteiger partial charge in [0.05, 0.1) is 16.8 Å². The normalized spacial score (nSPS) is 15.0. The van der Waals surface area contributed by atoms with Crippen LogP contribution < -0.4 is 5.73 Å². The molecule has 0 aliphatic carbocycles. The molecule has 0 fully saturated rings. The highest BCUT2D eigenvalue weighted by atomic mass is 79.9. The van der Waals surface area contributed by atoms with Crippen molar-refractivity contribution in [3.05, 3.63) is 27.7 Å². The number of hydrogen-bond acceptors (Lipinski definition) is 3. The summed E-state index contributed by atoms with van der Waals surface area (Å²) in [7, 11) is 0. The molecule has 0 aliphatic heterocycles. The minimum Gasteiger partial charge on any atom is -0.397 e. The number of rotatable bonds is 3. The number of anilines is 1. The summed E-state index contributed by atoms with van der Waals surface area (Å²) in [6, 6.07) is 2.90. The van der Waals surface area contributed by atoms with Crippen molar-refractivity contribution in [3.8, 4) is 0 Å². The van der Waals surface area contributed by atoms with E-state index in [-0.39, 0.29) is 10.4 Å². The van der Waals surface area contributed by atoms with E-state index >= 15 is 0 Å². The van der Waals surface area contributed by atoms with Crippen LogP contribution in [0.3, 0.4) is 0 Å². The monoisotopic (exact) mass is 313 g/mol. The van der Waals surface area contributed by atoms with Gasteiger partial charge in [-0.1, -0.05) is 39.1 Å². The maximum atomic E-state index is 9.72. The predicted molar refractivity (Wildman–Crippen MR) is 65.6 cm³/mol. The second kappa shape index (κ2) is 5.37. The van der Waals surface area contributed by atoms with Gasteiger partial charge in [0.15, 0.2) is 0 Å². The van der Waals surface area contributed by atoms with Gasteiger partial charge in [0.25, 0.3) is 0 Å². The summed E-state index contributed by atoms with van der Waals surface area (Å²) >= 11 is 14.7. The smallest absolute Gasteiger partial charge is 0.107 e. The molecule has 0 bridgehead atoms. The van der Waals surface area contributed by atoms with Gasteiger partial charge >= 0.3 is 0 Å². The molecule has 0 aromatic heterocycles. The van der Waals surface area contributed by atoms with Crippen LogP contribution in [0.15, 0.2) is 12.1 Å². The third kappa shape index (κ3) is 2.98. The summed E-state index contributed by atoms with van der Waals surface area (Å²) in [6.07, 6.45) is -2.03. The molecule has 0 saturated heterocycles. The van der Waals surface area contributed by atoms with Crippen molar-refractivity contribution in [2.45, 2.75) is 12.2 Å². The molecule has 15 heavy (non-hydrogen) atoms. The molecule has 2 unspecified atom stereocenters. The van der Waals surface area contributed by atoms with Crippen LogP contribution in [0.5, 0.6) is 0 Å². The van der Waals surface area contributed by atoms with Crippen LogP contribution in [0.4, 0.5) is 5.69 Å². The summed E-state index contributed by atoms with van der Waals surface area (Å²) in [4.78, 5) is 0. The van der Waals surface area contributed by atoms with Gasteiger partial charge in [-0.3, -0.25) is 0 Å². The van der Waals surface area contributed by atoms with Gasteiger partial charge in [-0.2, -0.15) is 0 Å². The topological polar surface area (TPSA) is 66.5 Å². The fourth-order valence-electron chi connectivity index (χ4n) is 1.10. The van der Waals surface area contributed by atoms with Gasteiger partial charge in [-0.25, -0.2) is 0 Å². The predicted octanol–water partition coefficient (Wildman–Crippen LogP) is 2.36. The lowest BCUT2D eigenvalue weighted by molar-refractivity contribution is 0.0343. The second-order valence-electron chi connectivity index (χ2n) is 3.06. The zero-order chi connectivity index (χ0) is 11.6. The number of hydrogen-bond donors (Lipinski definition) is 3. The Kier molecular flexibility index (Phi) is 4.67. The van der Waals surface area contributed by atoms with Crippen molar-refractivity contribution in [1.29, 1.82) is 0 Å². The number of benzene rings is 1. The van der Waals surface area contributed by atoms with Gasteiger partial charge in [-0.15, -0.1) is 0 Å². The van der Waals surface area contributed by atoms with Crippen LogP contribution in [0.2, 0.25) is 10.0 Å². The van der Waals surface area contributed by atoms with E-state index in [2.05, 4.69) is 15.9 Å². The van der Waals surface area contributed by atoms with Crippen LogP contribution in [0, 0.1) is 0 Å². The third-order valence-corrected chi connectivity index (χ3v) is 3.28. The van der Waals surface area contributed by atoms with Gasteiger partial charge < -0.3 is 15.9 Å². The average Bonchev–Trinajstić information content (AvgIpc) is 2.21. The molecule has 0 aliphatic rings. The van der Waals surface area contributed by atoms with Crippen LogP contribution in [0.25, 0.3) is 0 Å². The lowest BCUT2D eigenvalue weighted by atomic mass is 10.1. The maximum absolute atomic E-state index is 9.72. The molecule has 0 heterocycles. The zero-order valence-corrected chi connectivity index (χ0v) is 10.7. The Bertz CT molecular complexity index is 362. The van der Waals surface area contributed by atoms with Gasteiger partial charge in [0.2, 0.25) is 0 Å². The van der Waals surface area contributed by atoms with Crippen molar-refractivity contribution < 1.29 is 10.2 Å². The summed E-state index contributed by atoms with van der Waals surface area (Å²) in [5.74, 6) is 0. The van der Waals surface area contributed by atoms with E-state index in [4.69, 9.17) is 28.9 Å². The molecule has 0 saturated carbocycles. The fraction of sp³-hybridized carbons (Fsp3) is 0.333. The van der Waals surface area contributed by atoms with Crippen molar-refractivity contribution in [3.63, 3.8) is 0 Å². The Morgan fingerprint density at radius 2 is 1.87 bits per heavy atom. The van der Waals surface area contributed by atoms with Crippen LogP contribution in [-0.2, 0) is 0 Å². The zero-order valence-electron chi connectivity index (χ0n) is 7.62.